The average molecular weight is 306 g/mol. The third-order valence-electron chi connectivity index (χ3n) is 4.96. The van der Waals surface area contributed by atoms with Crippen LogP contribution in [0.25, 0.3) is 0 Å². The molecule has 4 rings (SSSR count). The lowest BCUT2D eigenvalue weighted by Crippen LogP contribution is -2.45. The van der Waals surface area contributed by atoms with Crippen molar-refractivity contribution in [1.82, 2.24) is 9.62 Å². The minimum atomic E-state index is 0.622. The van der Waals surface area contributed by atoms with Gasteiger partial charge in [-0.15, -0.1) is 0 Å². The van der Waals surface area contributed by atoms with E-state index in [1.165, 1.54) is 30.6 Å². The molecule has 0 spiro atoms. The van der Waals surface area contributed by atoms with Gasteiger partial charge in [0.05, 0.1) is 0 Å². The molecule has 0 aliphatic carbocycles. The number of hydrogen-bond acceptors (Lipinski definition) is 5. The first-order chi connectivity index (χ1) is 10.3. The number of fused-ring (bicyclic) bond motifs is 3. The van der Waals surface area contributed by atoms with Crippen LogP contribution in [-0.2, 0) is 0 Å². The van der Waals surface area contributed by atoms with Gasteiger partial charge >= 0.3 is 0 Å². The molecule has 2 unspecified atom stereocenters. The van der Waals surface area contributed by atoms with Crippen molar-refractivity contribution in [2.75, 3.05) is 20.3 Å². The Morgan fingerprint density at radius 3 is 2.57 bits per heavy atom. The van der Waals surface area contributed by atoms with Gasteiger partial charge in [0.15, 0.2) is 11.5 Å². The Morgan fingerprint density at radius 2 is 1.81 bits per heavy atom. The lowest BCUT2D eigenvalue weighted by molar-refractivity contribution is 0.158. The van der Waals surface area contributed by atoms with Crippen LogP contribution in [0.4, 0.5) is 0 Å². The lowest BCUT2D eigenvalue weighted by atomic mass is 9.99. The molecule has 1 aromatic rings. The highest BCUT2D eigenvalue weighted by atomic mass is 32.2. The maximum Gasteiger partial charge on any atom is 0.162 e. The van der Waals surface area contributed by atoms with Crippen molar-refractivity contribution in [2.24, 2.45) is 0 Å². The molecule has 1 N–H and O–H groups in total. The molecule has 2 saturated heterocycles. The quantitative estimate of drug-likeness (QED) is 0.868. The minimum Gasteiger partial charge on any atom is -0.486 e. The molecule has 0 radical (unpaired) electrons. The monoisotopic (exact) mass is 306 g/mol. The van der Waals surface area contributed by atoms with Crippen LogP contribution in [-0.4, -0.2) is 43.3 Å². The normalized spacial score (nSPS) is 31.4. The van der Waals surface area contributed by atoms with Crippen LogP contribution in [0.5, 0.6) is 11.5 Å². The van der Waals surface area contributed by atoms with Gasteiger partial charge in [0, 0.05) is 23.0 Å². The number of nitrogens with one attached hydrogen (secondary N) is 1. The van der Waals surface area contributed by atoms with Crippen molar-refractivity contribution in [3.63, 3.8) is 0 Å². The van der Waals surface area contributed by atoms with Gasteiger partial charge in [-0.1, -0.05) is 0 Å². The summed E-state index contributed by atoms with van der Waals surface area (Å²) in [7, 11) is 2.28. The van der Waals surface area contributed by atoms with Gasteiger partial charge in [0.25, 0.3) is 0 Å². The first-order valence-corrected chi connectivity index (χ1v) is 8.65. The lowest BCUT2D eigenvalue weighted by Gasteiger charge is -2.36. The van der Waals surface area contributed by atoms with Crippen molar-refractivity contribution in [3.05, 3.63) is 18.2 Å². The molecule has 1 aromatic carbocycles. The molecule has 3 aliphatic rings. The van der Waals surface area contributed by atoms with Gasteiger partial charge < -0.3 is 14.4 Å². The molecule has 3 aliphatic heterocycles. The summed E-state index contributed by atoms with van der Waals surface area (Å²) in [6.07, 6.45) is 5.27. The number of hydrogen-bond donors (Lipinski definition) is 1. The van der Waals surface area contributed by atoms with Gasteiger partial charge in [-0.25, -0.2) is 0 Å². The fourth-order valence-electron chi connectivity index (χ4n) is 3.75. The molecule has 21 heavy (non-hydrogen) atoms. The zero-order valence-corrected chi connectivity index (χ0v) is 13.2. The molecule has 0 aromatic heterocycles. The largest absolute Gasteiger partial charge is 0.486 e. The molecule has 0 amide bonds. The van der Waals surface area contributed by atoms with Crippen LogP contribution in [0.15, 0.2) is 23.1 Å². The number of piperidine rings is 1. The smallest absolute Gasteiger partial charge is 0.162 e. The Hall–Kier alpha value is -0.910. The second-order valence-corrected chi connectivity index (χ2v) is 7.16. The highest BCUT2D eigenvalue weighted by Gasteiger charge is 2.38. The molecule has 4 nitrogen and oxygen atoms in total. The van der Waals surface area contributed by atoms with Crippen LogP contribution in [0.1, 0.15) is 25.7 Å². The highest BCUT2D eigenvalue weighted by Crippen LogP contribution is 2.37. The van der Waals surface area contributed by atoms with Crippen LogP contribution < -0.4 is 14.2 Å². The van der Waals surface area contributed by atoms with E-state index in [-0.39, 0.29) is 0 Å². The van der Waals surface area contributed by atoms with Gasteiger partial charge in [-0.05, 0) is 62.9 Å². The van der Waals surface area contributed by atoms with Crippen LogP contribution in [0.3, 0.4) is 0 Å². The minimum absolute atomic E-state index is 0.622. The van der Waals surface area contributed by atoms with E-state index in [9.17, 15) is 0 Å². The summed E-state index contributed by atoms with van der Waals surface area (Å²) in [5.41, 5.74) is 0. The van der Waals surface area contributed by atoms with Crippen molar-refractivity contribution >= 4 is 11.9 Å². The molecular weight excluding hydrogens is 284 g/mol. The number of rotatable bonds is 3. The molecule has 5 heteroatoms. The molecule has 3 heterocycles. The summed E-state index contributed by atoms with van der Waals surface area (Å²) in [5, 5.41) is 0. The Balaban J connectivity index is 1.37. The first kappa shape index (κ1) is 13.7. The van der Waals surface area contributed by atoms with E-state index in [0.29, 0.717) is 19.3 Å². The van der Waals surface area contributed by atoms with Crippen molar-refractivity contribution in [1.29, 1.82) is 0 Å². The first-order valence-electron chi connectivity index (χ1n) is 7.83. The Kier molecular flexibility index (Phi) is 3.73. The van der Waals surface area contributed by atoms with Gasteiger partial charge in [-0.3, -0.25) is 4.72 Å². The number of benzene rings is 1. The van der Waals surface area contributed by atoms with E-state index in [4.69, 9.17) is 9.47 Å². The standard InChI is InChI=1S/C16H22N2O2S/c1-18-12-2-3-13(18)9-11(8-12)17-21-14-4-5-15-16(10-14)20-7-6-19-15/h4-5,10-13,17H,2-3,6-9H2,1H3. The predicted molar refractivity (Wildman–Crippen MR) is 84.0 cm³/mol. The summed E-state index contributed by atoms with van der Waals surface area (Å²) in [6, 6.07) is 8.38. The molecule has 2 fully saturated rings. The van der Waals surface area contributed by atoms with E-state index in [1.54, 1.807) is 11.9 Å². The van der Waals surface area contributed by atoms with Gasteiger partial charge in [0.1, 0.15) is 13.2 Å². The maximum absolute atomic E-state index is 5.64. The number of ether oxygens (including phenoxy) is 2. The molecule has 0 saturated carbocycles. The highest BCUT2D eigenvalue weighted by molar-refractivity contribution is 7.97. The number of nitrogens with zero attached hydrogens (tertiary/aromatic N) is 1. The zero-order valence-electron chi connectivity index (χ0n) is 12.4. The SMILES string of the molecule is CN1C2CCC1CC(NSc1ccc3c(c1)OCCO3)C2. The second-order valence-electron chi connectivity index (χ2n) is 6.24. The predicted octanol–water partition coefficient (Wildman–Crippen LogP) is 2.68. The van der Waals surface area contributed by atoms with Crippen LogP contribution >= 0.6 is 11.9 Å². The fraction of sp³-hybridized carbons (Fsp3) is 0.625. The third-order valence-corrected chi connectivity index (χ3v) is 5.90. The maximum atomic E-state index is 5.64. The van der Waals surface area contributed by atoms with E-state index in [2.05, 4.69) is 28.8 Å². The average Bonchev–Trinajstić information content (AvgIpc) is 2.75. The summed E-state index contributed by atoms with van der Waals surface area (Å²) in [4.78, 5) is 3.78. The molecular formula is C16H22N2O2S. The zero-order chi connectivity index (χ0) is 14.2. The molecule has 2 bridgehead atoms. The Bertz CT molecular complexity index is 511. The molecule has 2 atom stereocenters. The molecule has 114 valence electrons. The topological polar surface area (TPSA) is 33.7 Å². The Labute approximate surface area is 130 Å². The summed E-state index contributed by atoms with van der Waals surface area (Å²) in [6.45, 7) is 1.29. The summed E-state index contributed by atoms with van der Waals surface area (Å²) >= 11 is 1.73. The van der Waals surface area contributed by atoms with Crippen molar-refractivity contribution in [2.45, 2.75) is 48.7 Å². The van der Waals surface area contributed by atoms with E-state index < -0.39 is 0 Å². The second kappa shape index (κ2) is 5.71. The van der Waals surface area contributed by atoms with E-state index >= 15 is 0 Å². The summed E-state index contributed by atoms with van der Waals surface area (Å²) in [5.74, 6) is 1.74. The van der Waals surface area contributed by atoms with Gasteiger partial charge in [-0.2, -0.15) is 0 Å². The van der Waals surface area contributed by atoms with Crippen molar-refractivity contribution < 1.29 is 9.47 Å². The third kappa shape index (κ3) is 2.74. The fourth-order valence-corrected chi connectivity index (χ4v) is 4.54. The Morgan fingerprint density at radius 1 is 1.10 bits per heavy atom. The van der Waals surface area contributed by atoms with E-state index in [1.807, 2.05) is 6.07 Å². The van der Waals surface area contributed by atoms with Gasteiger partial charge in [0.2, 0.25) is 0 Å². The summed E-state index contributed by atoms with van der Waals surface area (Å²) < 4.78 is 14.9. The van der Waals surface area contributed by atoms with Crippen LogP contribution in [0, 0.1) is 0 Å². The van der Waals surface area contributed by atoms with Crippen LogP contribution in [0.2, 0.25) is 0 Å². The van der Waals surface area contributed by atoms with Crippen molar-refractivity contribution in [3.8, 4) is 11.5 Å². The van der Waals surface area contributed by atoms with E-state index in [0.717, 1.165) is 23.6 Å².